The van der Waals surface area contributed by atoms with Crippen LogP contribution in [0.15, 0.2) is 48.1 Å². The summed E-state index contributed by atoms with van der Waals surface area (Å²) in [5.41, 5.74) is 16.4. The second kappa shape index (κ2) is 28.1. The van der Waals surface area contributed by atoms with Crippen molar-refractivity contribution in [3.05, 3.63) is 53.6 Å². The topological polar surface area (TPSA) is 317 Å². The van der Waals surface area contributed by atoms with Crippen LogP contribution in [0.4, 0.5) is 5.69 Å². The van der Waals surface area contributed by atoms with Crippen LogP contribution in [0.1, 0.15) is 120 Å². The second-order valence-corrected chi connectivity index (χ2v) is 22.8. The van der Waals surface area contributed by atoms with Crippen molar-refractivity contribution in [2.75, 3.05) is 52.4 Å². The number of carbonyl (C=O) groups is 1. The van der Waals surface area contributed by atoms with E-state index in [2.05, 4.69) is 0 Å². The maximum Gasteiger partial charge on any atom is 0.311 e. The third-order valence-electron chi connectivity index (χ3n) is 16.1. The molecule has 3 aliphatic heterocycles. The van der Waals surface area contributed by atoms with Crippen LogP contribution in [0.5, 0.6) is 0 Å². The smallest absolute Gasteiger partial charge is 0.311 e. The number of likely N-dealkylation sites (N-methyl/N-ethyl adjacent to an activating group) is 2. The quantitative estimate of drug-likeness (QED) is 0.0411. The first-order valence-electron chi connectivity index (χ1n) is 27.0. The number of benzene rings is 1. The van der Waals surface area contributed by atoms with Crippen LogP contribution in [-0.4, -0.2) is 184 Å². The summed E-state index contributed by atoms with van der Waals surface area (Å²) < 4.78 is 38.3. The van der Waals surface area contributed by atoms with Crippen molar-refractivity contribution in [1.82, 2.24) is 14.8 Å². The number of cyclic esters (lactones) is 1. The van der Waals surface area contributed by atoms with Crippen molar-refractivity contribution < 1.29 is 58.7 Å². The van der Waals surface area contributed by atoms with Crippen molar-refractivity contribution in [1.29, 1.82) is 0 Å². The Kier molecular flexibility index (Phi) is 24.1. The van der Waals surface area contributed by atoms with Crippen LogP contribution in [0.2, 0.25) is 0 Å². The number of hydrogen-bond donors (Lipinski definition) is 10. The molecule has 18 atom stereocenters. The fourth-order valence-corrected chi connectivity index (χ4v) is 11.2. The summed E-state index contributed by atoms with van der Waals surface area (Å²) in [5, 5.41) is 62.7. The largest absolute Gasteiger partial charge is 0.459 e. The molecule has 4 rings (SSSR count). The van der Waals surface area contributed by atoms with Gasteiger partial charge in [0.2, 0.25) is 0 Å². The van der Waals surface area contributed by atoms with Crippen molar-refractivity contribution in [3.8, 4) is 0 Å². The normalized spacial score (nSPS) is 38.4. The number of aliphatic hydroxyl groups excluding tert-OH is 3. The molecular formula is C54H99N9O12. The number of hydrogen-bond acceptors (Lipinski definition) is 21. The maximum atomic E-state index is 14.5. The predicted molar refractivity (Wildman–Crippen MR) is 288 cm³/mol. The number of nitrogens with two attached hydrogens (primary N) is 5. The Morgan fingerprint density at radius 3 is 2.17 bits per heavy atom. The minimum Gasteiger partial charge on any atom is -0.459 e. The minimum atomic E-state index is -1.84. The van der Waals surface area contributed by atoms with Crippen LogP contribution >= 0.6 is 0 Å². The van der Waals surface area contributed by atoms with Gasteiger partial charge in [0.15, 0.2) is 12.6 Å². The molecule has 0 unspecified atom stereocenters. The number of aryl methyl sites for hydroxylation is 1. The number of unbranched alkanes of at least 4 members (excludes halogenated alkanes) is 1. The number of methoxy groups -OCH3 is 1. The van der Waals surface area contributed by atoms with Gasteiger partial charge < -0.3 is 86.0 Å². The summed E-state index contributed by atoms with van der Waals surface area (Å²) in [5.74, 6) is 9.63. The van der Waals surface area contributed by atoms with Crippen molar-refractivity contribution in [2.24, 2.45) is 46.6 Å². The number of esters is 1. The van der Waals surface area contributed by atoms with Gasteiger partial charge in [0.25, 0.3) is 0 Å². The summed E-state index contributed by atoms with van der Waals surface area (Å²) in [6.07, 6.45) is -2.77. The molecule has 3 aliphatic rings. The number of hydrazine groups is 2. The zero-order valence-corrected chi connectivity index (χ0v) is 47.4. The fraction of sp³-hybridized carbons (Fsp3) is 0.796. The van der Waals surface area contributed by atoms with E-state index in [-0.39, 0.29) is 37.8 Å². The van der Waals surface area contributed by atoms with Gasteiger partial charge in [-0.25, -0.2) is 11.7 Å². The van der Waals surface area contributed by atoms with E-state index in [0.29, 0.717) is 43.9 Å². The molecule has 0 amide bonds. The second-order valence-electron chi connectivity index (χ2n) is 22.8. The van der Waals surface area contributed by atoms with E-state index in [0.717, 1.165) is 24.9 Å². The summed E-state index contributed by atoms with van der Waals surface area (Å²) in [6, 6.07) is 6.91. The number of ether oxygens (including phenoxy) is 6. The maximum absolute atomic E-state index is 14.5. The Morgan fingerprint density at radius 2 is 1.56 bits per heavy atom. The minimum absolute atomic E-state index is 0.0955. The molecule has 15 N–H and O–H groups in total. The average molecular weight is 1070 g/mol. The van der Waals surface area contributed by atoms with Crippen molar-refractivity contribution in [2.45, 2.75) is 211 Å². The highest BCUT2D eigenvalue weighted by atomic mass is 16.7. The molecular weight excluding hydrogens is 967 g/mol. The summed E-state index contributed by atoms with van der Waals surface area (Å²) >= 11 is 0. The molecule has 0 aromatic heterocycles. The van der Waals surface area contributed by atoms with E-state index in [9.17, 15) is 30.3 Å². The third kappa shape index (κ3) is 17.1. The monoisotopic (exact) mass is 1070 g/mol. The van der Waals surface area contributed by atoms with Gasteiger partial charge >= 0.3 is 5.97 Å². The molecule has 1 aromatic rings. The number of rotatable bonds is 19. The van der Waals surface area contributed by atoms with Crippen LogP contribution in [0, 0.1) is 17.8 Å². The number of anilines is 1. The molecule has 3 saturated heterocycles. The Labute approximate surface area is 447 Å². The molecule has 75 heavy (non-hydrogen) atoms. The lowest BCUT2D eigenvalue weighted by Gasteiger charge is -2.49. The first kappa shape index (κ1) is 64.3. The van der Waals surface area contributed by atoms with Gasteiger partial charge in [0, 0.05) is 87.9 Å². The van der Waals surface area contributed by atoms with E-state index < -0.39 is 102 Å². The molecule has 0 spiro atoms. The van der Waals surface area contributed by atoms with Gasteiger partial charge in [-0.15, -0.1) is 0 Å². The zero-order valence-electron chi connectivity index (χ0n) is 47.4. The average Bonchev–Trinajstić information content (AvgIpc) is 3.35. The van der Waals surface area contributed by atoms with E-state index in [1.165, 1.54) is 24.6 Å². The standard InChI is InChI=1S/C54H99N9O12/c1-14-43-54(10,69)47(65)36(6)61(12)29-32(2)26-52(8,68)49(34(4)46(35(5)50(67)73-43)74-44-27-53(9,70-13)48(66)37(7)72-44)75-51-45(64)42(25-33(3)71-51)60(11)24-22-39(56)30-62(58)23-16-15-17-38-18-20-41(21-19-38)63(59)31-40(57)28-55/h18-21,30-37,42-49,51,64-66,68-69H,14-17,22-29,55-59H2,1-13H3/b39-30-,40-31-/t32-,33-,34+,35-,36-,37+,42+,43-,44+,45-,46+,47-,48+,49-,51+,52-,53-,54-/m1/s1. The summed E-state index contributed by atoms with van der Waals surface area (Å²) in [7, 11) is 5.25. The Balaban J connectivity index is 1.55. The SMILES string of the molecule is CC[C@H]1OC(=O)[C@H](C)[C@@H](O[C@H]2C[C@@](C)(OC)[C@@H](O)[C@H](C)O2)[C@H](C)[C@@H](O[C@@H]2O[C@H](C)C[C@H](N(C)CC/C(N)=C/N(N)CCCCc3ccc(N(N)/C=C(\N)CN)cc3)[C@H]2O)[C@](C)(O)C[C@@H](C)CN(C)[C@H](C)[C@@H](O)[C@]1(C)O. The molecule has 0 saturated carbocycles. The predicted octanol–water partition coefficient (Wildman–Crippen LogP) is 2.10. The van der Waals surface area contributed by atoms with Gasteiger partial charge in [0.1, 0.15) is 30.0 Å². The highest BCUT2D eigenvalue weighted by Gasteiger charge is 2.53. The highest BCUT2D eigenvalue weighted by Crippen LogP contribution is 2.40. The fourth-order valence-electron chi connectivity index (χ4n) is 11.2. The van der Waals surface area contributed by atoms with E-state index in [1.54, 1.807) is 59.0 Å². The van der Waals surface area contributed by atoms with Crippen LogP contribution in [-0.2, 0) is 39.6 Å². The lowest BCUT2D eigenvalue weighted by atomic mass is 9.77. The first-order valence-corrected chi connectivity index (χ1v) is 27.0. The molecule has 0 bridgehead atoms. The molecule has 1 aromatic carbocycles. The lowest BCUT2D eigenvalue weighted by molar-refractivity contribution is -0.318. The lowest BCUT2D eigenvalue weighted by Crippen LogP contribution is -2.61. The Hall–Kier alpha value is -3.23. The molecule has 21 nitrogen and oxygen atoms in total. The van der Waals surface area contributed by atoms with E-state index in [1.807, 2.05) is 68.9 Å². The Bertz CT molecular complexity index is 1970. The van der Waals surface area contributed by atoms with Gasteiger partial charge in [-0.1, -0.05) is 32.9 Å². The van der Waals surface area contributed by atoms with Crippen molar-refractivity contribution in [3.63, 3.8) is 0 Å². The van der Waals surface area contributed by atoms with Crippen LogP contribution in [0.3, 0.4) is 0 Å². The van der Waals surface area contributed by atoms with Crippen LogP contribution < -0.4 is 33.9 Å². The summed E-state index contributed by atoms with van der Waals surface area (Å²) in [4.78, 5) is 18.4. The molecule has 21 heteroatoms. The highest BCUT2D eigenvalue weighted by molar-refractivity contribution is 5.73. The van der Waals surface area contributed by atoms with E-state index >= 15 is 0 Å². The molecule has 0 radical (unpaired) electrons. The number of carbonyl (C=O) groups excluding carboxylic acids is 1. The summed E-state index contributed by atoms with van der Waals surface area (Å²) in [6.45, 7) is 19.2. The Morgan fingerprint density at radius 1 is 0.907 bits per heavy atom. The molecule has 432 valence electrons. The number of aliphatic hydroxyl groups is 5. The molecule has 3 heterocycles. The number of nitrogens with zero attached hydrogens (tertiary/aromatic N) is 4. The van der Waals surface area contributed by atoms with Gasteiger partial charge in [-0.05, 0) is 125 Å². The van der Waals surface area contributed by atoms with Gasteiger partial charge in [-0.2, -0.15) is 0 Å². The van der Waals surface area contributed by atoms with Crippen LogP contribution in [0.25, 0.3) is 0 Å². The van der Waals surface area contributed by atoms with Gasteiger partial charge in [-0.3, -0.25) is 9.80 Å². The zero-order chi connectivity index (χ0) is 56.3. The molecule has 3 fully saturated rings. The van der Waals surface area contributed by atoms with Crippen molar-refractivity contribution >= 4 is 11.7 Å². The molecule has 0 aliphatic carbocycles. The third-order valence-corrected chi connectivity index (χ3v) is 16.1. The first-order chi connectivity index (χ1) is 35.0. The van der Waals surface area contributed by atoms with Gasteiger partial charge in [0.05, 0.1) is 47.2 Å². The van der Waals surface area contributed by atoms with E-state index in [4.69, 9.17) is 57.3 Å².